The van der Waals surface area contributed by atoms with Gasteiger partial charge in [-0.25, -0.2) is 0 Å². The summed E-state index contributed by atoms with van der Waals surface area (Å²) in [5.74, 6) is 0. The Kier molecular flexibility index (Phi) is 12.0. The molecule has 0 saturated carbocycles. The normalized spacial score (nSPS) is 12.2. The molecule has 0 aliphatic heterocycles. The molecule has 4 heteroatoms. The minimum atomic E-state index is -1.82. The first-order chi connectivity index (χ1) is 16.5. The second kappa shape index (κ2) is 14.5. The zero-order chi connectivity index (χ0) is 24.9. The lowest BCUT2D eigenvalue weighted by Crippen LogP contribution is -2.49. The van der Waals surface area contributed by atoms with Gasteiger partial charge in [0.1, 0.15) is 0 Å². The van der Waals surface area contributed by atoms with Gasteiger partial charge in [0.2, 0.25) is 8.32 Å². The quantitative estimate of drug-likeness (QED) is 0.183. The van der Waals surface area contributed by atoms with Gasteiger partial charge in [-0.15, -0.1) is 0 Å². The Morgan fingerprint density at radius 1 is 0.794 bits per heavy atom. The smallest absolute Gasteiger partial charge is 0.204 e. The number of hydrogen-bond acceptors (Lipinski definition) is 2. The van der Waals surface area contributed by atoms with Crippen molar-refractivity contribution < 1.29 is 4.12 Å². The van der Waals surface area contributed by atoms with Crippen molar-refractivity contribution in [2.24, 2.45) is 0 Å². The van der Waals surface area contributed by atoms with Crippen molar-refractivity contribution in [3.05, 3.63) is 71.4 Å². The average Bonchev–Trinajstić information content (AvgIpc) is 2.90. The predicted octanol–water partition coefficient (Wildman–Crippen LogP) is 9.43. The van der Waals surface area contributed by atoms with E-state index in [1.165, 1.54) is 67.0 Å². The van der Waals surface area contributed by atoms with Crippen LogP contribution in [0.4, 0.5) is 0 Å². The summed E-state index contributed by atoms with van der Waals surface area (Å²) in [6.07, 6.45) is 8.65. The van der Waals surface area contributed by atoms with Crippen LogP contribution in [0, 0.1) is 11.3 Å². The van der Waals surface area contributed by atoms with Crippen LogP contribution in [0.1, 0.15) is 71.4 Å². The fourth-order valence-electron chi connectivity index (χ4n) is 4.68. The first kappa shape index (κ1) is 28.3. The third-order valence-electron chi connectivity index (χ3n) is 7.47. The van der Waals surface area contributed by atoms with Crippen molar-refractivity contribution in [3.63, 3.8) is 0 Å². The molecule has 2 aromatic rings. The fourth-order valence-corrected chi connectivity index (χ4v) is 14.6. The first-order valence-corrected chi connectivity index (χ1v) is 18.4. The Morgan fingerprint density at radius 3 is 1.88 bits per heavy atom. The van der Waals surface area contributed by atoms with Crippen LogP contribution in [0.3, 0.4) is 0 Å². The highest BCUT2D eigenvalue weighted by Gasteiger charge is 2.40. The summed E-state index contributed by atoms with van der Waals surface area (Å²) < 4.78 is 7.33. The van der Waals surface area contributed by atoms with Gasteiger partial charge in [-0.05, 0) is 78.3 Å². The molecule has 0 N–H and O–H groups in total. The van der Waals surface area contributed by atoms with Crippen LogP contribution in [0.25, 0.3) is 11.1 Å². The van der Waals surface area contributed by atoms with Crippen LogP contribution >= 0.6 is 0 Å². The molecule has 0 heterocycles. The summed E-state index contributed by atoms with van der Waals surface area (Å²) >= 11 is 0. The van der Waals surface area contributed by atoms with Crippen molar-refractivity contribution in [1.29, 1.82) is 5.26 Å². The van der Waals surface area contributed by atoms with Gasteiger partial charge >= 0.3 is 0 Å². The van der Waals surface area contributed by atoms with Gasteiger partial charge < -0.3 is 4.12 Å². The number of rotatable bonds is 15. The highest BCUT2D eigenvalue weighted by Crippen LogP contribution is 2.32. The lowest BCUT2D eigenvalue weighted by atomic mass is 10.0. The third kappa shape index (κ3) is 8.08. The van der Waals surface area contributed by atoms with E-state index >= 15 is 0 Å². The van der Waals surface area contributed by atoms with Crippen LogP contribution in [-0.2, 0) is 10.5 Å². The number of benzene rings is 2. The maximum atomic E-state index is 9.02. The highest BCUT2D eigenvalue weighted by atomic mass is 28.4. The molecule has 2 nitrogen and oxygen atoms in total. The van der Waals surface area contributed by atoms with Crippen LogP contribution in [0.5, 0.6) is 0 Å². The van der Waals surface area contributed by atoms with E-state index in [0.717, 1.165) is 12.0 Å². The largest absolute Gasteiger partial charge is 0.452 e. The van der Waals surface area contributed by atoms with Gasteiger partial charge in [0.25, 0.3) is 0 Å². The summed E-state index contributed by atoms with van der Waals surface area (Å²) in [6.45, 7) is 11.7. The number of unbranched alkanes of at least 4 members (excludes halogenated alkanes) is 3. The van der Waals surface area contributed by atoms with Crippen LogP contribution in [-0.4, -0.2) is 16.6 Å². The summed E-state index contributed by atoms with van der Waals surface area (Å²) in [5, 5.41) is 9.02. The standard InChI is InChI=1S/C30H45NOSi2/c1-6-11-12-13-14-24-33(7-2,8-3)32-34(9-4,10-5)25-23-27-15-19-29(20-16-27)30-21-17-28(26-31)18-22-30/h14-22,24H,6-13,23,25H2,1-5H3. The van der Waals surface area contributed by atoms with Crippen molar-refractivity contribution in [2.75, 3.05) is 0 Å². The summed E-state index contributed by atoms with van der Waals surface area (Å²) in [5.41, 5.74) is 7.01. The van der Waals surface area contributed by atoms with E-state index in [0.29, 0.717) is 5.56 Å². The van der Waals surface area contributed by atoms with E-state index in [1.54, 1.807) is 0 Å². The minimum absolute atomic E-state index is 0.704. The third-order valence-corrected chi connectivity index (χ3v) is 17.8. The molecule has 184 valence electrons. The molecule has 2 rings (SSSR count). The molecule has 0 unspecified atom stereocenters. The molecule has 0 spiro atoms. The van der Waals surface area contributed by atoms with Gasteiger partial charge in [0.05, 0.1) is 11.6 Å². The van der Waals surface area contributed by atoms with Gasteiger partial charge in [-0.3, -0.25) is 0 Å². The van der Waals surface area contributed by atoms with Gasteiger partial charge in [0, 0.05) is 0 Å². The monoisotopic (exact) mass is 491 g/mol. The Bertz CT molecular complexity index is 904. The SMILES string of the molecule is CCCCCC=C[Si](CC)(CC)O[Si](CC)(CC)CCc1ccc(-c2ccc(C#N)cc2)cc1. The second-order valence-electron chi connectivity index (χ2n) is 9.55. The van der Waals surface area contributed by atoms with Gasteiger partial charge in [-0.2, -0.15) is 5.26 Å². The van der Waals surface area contributed by atoms with E-state index in [4.69, 9.17) is 9.38 Å². The van der Waals surface area contributed by atoms with Gasteiger partial charge in [0.15, 0.2) is 8.32 Å². The van der Waals surface area contributed by atoms with Crippen LogP contribution < -0.4 is 0 Å². The summed E-state index contributed by atoms with van der Waals surface area (Å²) in [6, 6.07) is 25.0. The molecule has 0 aliphatic rings. The molecule has 0 saturated heterocycles. The summed E-state index contributed by atoms with van der Waals surface area (Å²) in [7, 11) is -3.61. The van der Waals surface area contributed by atoms with E-state index in [-0.39, 0.29) is 0 Å². The van der Waals surface area contributed by atoms with Gasteiger partial charge in [-0.1, -0.05) is 95.6 Å². The van der Waals surface area contributed by atoms with E-state index in [2.05, 4.69) is 76.7 Å². The van der Waals surface area contributed by atoms with E-state index < -0.39 is 16.6 Å². The fraction of sp³-hybridized carbons (Fsp3) is 0.500. The predicted molar refractivity (Wildman–Crippen MR) is 153 cm³/mol. The number of aryl methyl sites for hydroxylation is 1. The number of nitrogens with zero attached hydrogens (tertiary/aromatic N) is 1. The summed E-state index contributed by atoms with van der Waals surface area (Å²) in [4.78, 5) is 0. The van der Waals surface area contributed by atoms with Crippen molar-refractivity contribution in [2.45, 2.75) is 96.9 Å². The molecule has 0 amide bonds. The minimum Gasteiger partial charge on any atom is -0.452 e. The lowest BCUT2D eigenvalue weighted by Gasteiger charge is -2.40. The molecular formula is C30H45NOSi2. The topological polar surface area (TPSA) is 33.0 Å². The first-order valence-electron chi connectivity index (χ1n) is 13.5. The molecule has 0 radical (unpaired) electrons. The van der Waals surface area contributed by atoms with Crippen molar-refractivity contribution in [1.82, 2.24) is 0 Å². The van der Waals surface area contributed by atoms with Crippen LogP contribution in [0.2, 0.25) is 30.2 Å². The molecular weight excluding hydrogens is 447 g/mol. The van der Waals surface area contributed by atoms with Crippen molar-refractivity contribution in [3.8, 4) is 17.2 Å². The van der Waals surface area contributed by atoms with E-state index in [9.17, 15) is 0 Å². The molecule has 34 heavy (non-hydrogen) atoms. The highest BCUT2D eigenvalue weighted by molar-refractivity contribution is 6.89. The molecule has 0 bridgehead atoms. The molecule has 0 atom stereocenters. The van der Waals surface area contributed by atoms with Crippen LogP contribution in [0.15, 0.2) is 60.3 Å². The number of hydrogen-bond donors (Lipinski definition) is 0. The maximum Gasteiger partial charge on any atom is 0.204 e. The molecule has 2 aromatic carbocycles. The van der Waals surface area contributed by atoms with Crippen molar-refractivity contribution >= 4 is 16.6 Å². The van der Waals surface area contributed by atoms with E-state index in [1.807, 2.05) is 24.3 Å². The Labute approximate surface area is 211 Å². The molecule has 0 aliphatic carbocycles. The Hall–Kier alpha value is -1.94. The zero-order valence-electron chi connectivity index (χ0n) is 22.2. The lowest BCUT2D eigenvalue weighted by molar-refractivity contribution is 0.519. The Balaban J connectivity index is 2.09. The zero-order valence-corrected chi connectivity index (χ0v) is 24.2. The average molecular weight is 492 g/mol. The number of nitriles is 1. The number of allylic oxidation sites excluding steroid dienone is 1. The molecule has 0 fully saturated rings. The Morgan fingerprint density at radius 2 is 1.38 bits per heavy atom. The maximum absolute atomic E-state index is 9.02. The second-order valence-corrected chi connectivity index (χ2v) is 18.5. The molecule has 0 aromatic heterocycles.